The highest BCUT2D eigenvalue weighted by Gasteiger charge is 2.53. The van der Waals surface area contributed by atoms with Crippen molar-refractivity contribution < 1.29 is 8.78 Å². The fraction of sp³-hybridized carbons (Fsp3) is 0.134. The van der Waals surface area contributed by atoms with E-state index in [2.05, 4.69) is 209 Å². The van der Waals surface area contributed by atoms with Gasteiger partial charge in [-0.05, 0) is 203 Å². The van der Waals surface area contributed by atoms with Gasteiger partial charge in [-0.15, -0.1) is 0 Å². The Morgan fingerprint density at radius 1 is 0.324 bits per heavy atom. The second-order valence-corrected chi connectivity index (χ2v) is 21.6. The number of hydrogen-bond acceptors (Lipinski definition) is 2. The average Bonchev–Trinajstić information content (AvgIpc) is 3.97. The van der Waals surface area contributed by atoms with Crippen LogP contribution in [0.5, 0.6) is 0 Å². The van der Waals surface area contributed by atoms with Gasteiger partial charge in [-0.2, -0.15) is 0 Å². The first kappa shape index (κ1) is 43.0. The topological polar surface area (TPSA) is 6.48 Å². The van der Waals surface area contributed by atoms with Crippen molar-refractivity contribution in [3.8, 4) is 44.5 Å². The van der Waals surface area contributed by atoms with Crippen molar-refractivity contribution in [3.05, 3.63) is 251 Å². The van der Waals surface area contributed by atoms with Gasteiger partial charge < -0.3 is 9.80 Å². The molecule has 0 aliphatic heterocycles. The third-order valence-corrected chi connectivity index (χ3v) is 15.4. The molecule has 0 radical (unpaired) electrons. The normalized spacial score (nSPS) is 13.5. The summed E-state index contributed by atoms with van der Waals surface area (Å²) in [6, 6.07) is 72.3. The van der Waals surface area contributed by atoms with Gasteiger partial charge in [0.15, 0.2) is 0 Å². The summed E-state index contributed by atoms with van der Waals surface area (Å²) < 4.78 is 29.5. The number of anilines is 6. The smallest absolute Gasteiger partial charge is 0.123 e. The van der Waals surface area contributed by atoms with E-state index in [0.29, 0.717) is 0 Å². The van der Waals surface area contributed by atoms with Crippen molar-refractivity contribution >= 4 is 44.9 Å². The first-order valence-corrected chi connectivity index (χ1v) is 24.7. The van der Waals surface area contributed by atoms with Crippen LogP contribution in [0.4, 0.5) is 42.9 Å². The number of halogens is 2. The lowest BCUT2D eigenvalue weighted by Crippen LogP contribution is -2.26. The predicted octanol–water partition coefficient (Wildman–Crippen LogP) is 18.6. The van der Waals surface area contributed by atoms with E-state index in [1.165, 1.54) is 77.5 Å². The maximum absolute atomic E-state index is 14.8. The molecule has 13 rings (SSSR count). The van der Waals surface area contributed by atoms with Gasteiger partial charge >= 0.3 is 0 Å². The molecule has 2 nitrogen and oxygen atoms in total. The van der Waals surface area contributed by atoms with Gasteiger partial charge in [0, 0.05) is 34.1 Å². The Morgan fingerprint density at radius 3 is 1.21 bits per heavy atom. The molecule has 4 heteroatoms. The predicted molar refractivity (Wildman–Crippen MR) is 291 cm³/mol. The summed E-state index contributed by atoms with van der Waals surface area (Å²) in [6.07, 6.45) is 0. The van der Waals surface area contributed by atoms with Crippen molar-refractivity contribution in [2.24, 2.45) is 0 Å². The lowest BCUT2D eigenvalue weighted by molar-refractivity contribution is 0.590. The van der Waals surface area contributed by atoms with Crippen molar-refractivity contribution in [2.45, 2.75) is 57.8 Å². The van der Waals surface area contributed by atoms with Gasteiger partial charge in [0.25, 0.3) is 0 Å². The third-order valence-electron chi connectivity index (χ3n) is 15.4. The second kappa shape index (κ2) is 15.5. The molecule has 0 heterocycles. The van der Waals surface area contributed by atoms with Gasteiger partial charge in [-0.1, -0.05) is 145 Å². The molecule has 10 aromatic carbocycles. The molecule has 3 aliphatic carbocycles. The van der Waals surface area contributed by atoms with Gasteiger partial charge in [0.05, 0.1) is 5.41 Å². The largest absolute Gasteiger partial charge is 0.310 e. The Kier molecular flexibility index (Phi) is 9.36. The molecule has 1 spiro atoms. The average molecular weight is 923 g/mol. The highest BCUT2D eigenvalue weighted by atomic mass is 19.1. The first-order valence-electron chi connectivity index (χ1n) is 24.7. The van der Waals surface area contributed by atoms with E-state index in [1.807, 2.05) is 24.3 Å². The lowest BCUT2D eigenvalue weighted by Gasteiger charge is -2.33. The molecule has 344 valence electrons. The van der Waals surface area contributed by atoms with Crippen LogP contribution in [0.3, 0.4) is 0 Å². The van der Waals surface area contributed by atoms with Crippen LogP contribution < -0.4 is 9.80 Å². The quantitative estimate of drug-likeness (QED) is 0.164. The van der Waals surface area contributed by atoms with E-state index in [4.69, 9.17) is 0 Å². The van der Waals surface area contributed by atoms with E-state index in [9.17, 15) is 8.78 Å². The highest BCUT2D eigenvalue weighted by Crippen LogP contribution is 2.67. The van der Waals surface area contributed by atoms with Crippen LogP contribution in [0.25, 0.3) is 55.3 Å². The number of hydrogen-bond donors (Lipinski definition) is 0. The van der Waals surface area contributed by atoms with E-state index in [0.717, 1.165) is 45.3 Å². The van der Waals surface area contributed by atoms with E-state index < -0.39 is 5.41 Å². The summed E-state index contributed by atoms with van der Waals surface area (Å²) in [5.41, 5.74) is 22.0. The summed E-state index contributed by atoms with van der Waals surface area (Å²) in [5.74, 6) is -0.555. The van der Waals surface area contributed by atoms with Gasteiger partial charge in [-0.3, -0.25) is 0 Å². The molecular formula is C67H52F2N2. The monoisotopic (exact) mass is 922 g/mol. The van der Waals surface area contributed by atoms with Crippen LogP contribution in [0.1, 0.15) is 74.9 Å². The standard InChI is InChI=1S/C67H52F2N2/c1-65(2,3)41-18-26-45(27-19-41)70(47-30-22-43(68)23-31-47)49-34-36-53-54-37-35-50(71(48-32-24-44(69)25-33-48)46-28-20-42(21-29-46)66(4,5)6)39-61(54)67(60(53)38-49)59-17-10-9-14-56(59)64-57-16-11-15-55-51-12-7-8-13-52(51)58(63(55)57)40-62(64)67/h7-40H,1-6H3. The molecule has 0 bridgehead atoms. The highest BCUT2D eigenvalue weighted by molar-refractivity contribution is 6.21. The molecule has 10 aromatic rings. The van der Waals surface area contributed by atoms with Crippen LogP contribution in [-0.2, 0) is 16.2 Å². The minimum atomic E-state index is -0.768. The zero-order valence-corrected chi connectivity index (χ0v) is 40.8. The summed E-state index contributed by atoms with van der Waals surface area (Å²) >= 11 is 0. The van der Waals surface area contributed by atoms with E-state index >= 15 is 0 Å². The van der Waals surface area contributed by atoms with Crippen LogP contribution in [-0.4, -0.2) is 0 Å². The maximum atomic E-state index is 14.8. The van der Waals surface area contributed by atoms with Crippen LogP contribution in [0.15, 0.2) is 206 Å². The molecule has 0 aromatic heterocycles. The molecule has 0 unspecified atom stereocenters. The molecule has 0 saturated heterocycles. The number of rotatable bonds is 6. The Morgan fingerprint density at radius 2 is 0.732 bits per heavy atom. The molecule has 0 saturated carbocycles. The fourth-order valence-corrected chi connectivity index (χ4v) is 12.1. The zero-order chi connectivity index (χ0) is 48.6. The van der Waals surface area contributed by atoms with Crippen LogP contribution >= 0.6 is 0 Å². The maximum Gasteiger partial charge on any atom is 0.123 e. The molecule has 0 amide bonds. The molecule has 0 N–H and O–H groups in total. The molecular weight excluding hydrogens is 871 g/mol. The molecule has 3 aliphatic rings. The van der Waals surface area contributed by atoms with E-state index in [-0.39, 0.29) is 22.5 Å². The van der Waals surface area contributed by atoms with E-state index in [1.54, 1.807) is 24.3 Å². The van der Waals surface area contributed by atoms with Crippen molar-refractivity contribution in [1.29, 1.82) is 0 Å². The molecule has 71 heavy (non-hydrogen) atoms. The van der Waals surface area contributed by atoms with Crippen molar-refractivity contribution in [2.75, 3.05) is 9.80 Å². The van der Waals surface area contributed by atoms with Gasteiger partial charge in [-0.25, -0.2) is 8.78 Å². The summed E-state index contributed by atoms with van der Waals surface area (Å²) in [4.78, 5) is 4.52. The first-order chi connectivity index (χ1) is 34.3. The van der Waals surface area contributed by atoms with Crippen molar-refractivity contribution in [3.63, 3.8) is 0 Å². The Labute approximate surface area is 415 Å². The minimum Gasteiger partial charge on any atom is -0.310 e. The Bertz CT molecular complexity index is 3620. The number of fused-ring (bicyclic) bond motifs is 14. The Balaban J connectivity index is 1.11. The summed E-state index contributed by atoms with van der Waals surface area (Å²) in [7, 11) is 0. The minimum absolute atomic E-state index is 0.0268. The SMILES string of the molecule is CC(C)(C)c1ccc(N(c2ccc(F)cc2)c2ccc3c(c2)C2(c4cc(N(c5ccc(F)cc5)c5ccc(C(C)(C)C)cc5)ccc4-3)c3ccccc3-c3c2cc2c4c(cccc34)-c3ccccc3-2)cc1. The van der Waals surface area contributed by atoms with Crippen LogP contribution in [0.2, 0.25) is 0 Å². The Hall–Kier alpha value is -8.08. The van der Waals surface area contributed by atoms with Gasteiger partial charge in [0.2, 0.25) is 0 Å². The molecule has 0 atom stereocenters. The van der Waals surface area contributed by atoms with Crippen molar-refractivity contribution in [1.82, 2.24) is 0 Å². The third kappa shape index (κ3) is 6.43. The zero-order valence-electron chi connectivity index (χ0n) is 40.8. The van der Waals surface area contributed by atoms with Crippen LogP contribution in [0, 0.1) is 11.6 Å². The second-order valence-electron chi connectivity index (χ2n) is 21.6. The fourth-order valence-electron chi connectivity index (χ4n) is 12.1. The summed E-state index contributed by atoms with van der Waals surface area (Å²) in [5, 5.41) is 2.54. The summed E-state index contributed by atoms with van der Waals surface area (Å²) in [6.45, 7) is 13.4. The number of benzene rings is 10. The number of nitrogens with zero attached hydrogens (tertiary/aromatic N) is 2. The lowest BCUT2D eigenvalue weighted by atomic mass is 9.70. The molecule has 0 fully saturated rings. The van der Waals surface area contributed by atoms with Gasteiger partial charge in [0.1, 0.15) is 11.6 Å².